The van der Waals surface area contributed by atoms with E-state index in [1.165, 1.54) is 0 Å². The molecule has 9 nitrogen and oxygen atoms in total. The number of carbonyl (C=O) groups excluding carboxylic acids is 1. The van der Waals surface area contributed by atoms with Gasteiger partial charge in [-0.1, -0.05) is 62.6 Å². The van der Waals surface area contributed by atoms with Crippen LogP contribution in [0.25, 0.3) is 0 Å². The smallest absolute Gasteiger partial charge is 0.463 e. The third kappa shape index (κ3) is 21.7. The minimum absolute atomic E-state index is 0.232. The molecule has 0 saturated carbocycles. The van der Waals surface area contributed by atoms with Crippen LogP contribution in [0, 0.1) is 0 Å². The van der Waals surface area contributed by atoms with Crippen LogP contribution in [0.15, 0.2) is 36.5 Å². The van der Waals surface area contributed by atoms with Crippen LogP contribution in [0.5, 0.6) is 0 Å². The first-order valence-electron chi connectivity index (χ1n) is 10.6. The molecule has 31 heavy (non-hydrogen) atoms. The van der Waals surface area contributed by atoms with Crippen LogP contribution in [0.2, 0.25) is 0 Å². The first kappa shape index (κ1) is 29.7. The van der Waals surface area contributed by atoms with Crippen molar-refractivity contribution >= 4 is 13.8 Å². The van der Waals surface area contributed by atoms with Crippen LogP contribution in [0.3, 0.4) is 0 Å². The van der Waals surface area contributed by atoms with Crippen LogP contribution >= 0.6 is 7.82 Å². The minimum Gasteiger partial charge on any atom is -0.463 e. The van der Waals surface area contributed by atoms with Gasteiger partial charge in [-0.3, -0.25) is 14.6 Å². The summed E-state index contributed by atoms with van der Waals surface area (Å²) >= 11 is 0. The van der Waals surface area contributed by atoms with Gasteiger partial charge in [0.1, 0.15) is 18.8 Å². The molecule has 2 unspecified atom stereocenters. The van der Waals surface area contributed by atoms with Gasteiger partial charge >= 0.3 is 13.8 Å². The van der Waals surface area contributed by atoms with Gasteiger partial charge in [0, 0.05) is 6.42 Å². The molecule has 0 amide bonds. The number of hydrogen-bond donors (Lipinski definition) is 4. The van der Waals surface area contributed by atoms with E-state index in [0.29, 0.717) is 12.8 Å². The molecule has 0 aromatic carbocycles. The predicted octanol–water partition coefficient (Wildman–Crippen LogP) is 4.06. The maximum absolute atomic E-state index is 11.6. The van der Waals surface area contributed by atoms with Crippen molar-refractivity contribution in [1.29, 1.82) is 0 Å². The van der Waals surface area contributed by atoms with Gasteiger partial charge in [0.05, 0.1) is 6.61 Å². The van der Waals surface area contributed by atoms with E-state index in [4.69, 9.17) is 19.8 Å². The Morgan fingerprint density at radius 3 is 2.39 bits per heavy atom. The maximum atomic E-state index is 11.6. The number of unbranched alkanes of at least 4 members (excludes halogenated alkanes) is 5. The number of carbonyl (C=O) groups is 1. The zero-order valence-electron chi connectivity index (χ0n) is 18.2. The van der Waals surface area contributed by atoms with E-state index < -0.39 is 26.5 Å². The number of aliphatic hydroxyl groups excluding tert-OH is 1. The summed E-state index contributed by atoms with van der Waals surface area (Å²) in [5.41, 5.74) is 0. The zero-order valence-corrected chi connectivity index (χ0v) is 19.1. The number of ether oxygens (including phenoxy) is 1. The molecule has 4 N–H and O–H groups in total. The maximum Gasteiger partial charge on any atom is 0.469 e. The van der Waals surface area contributed by atoms with E-state index in [0.717, 1.165) is 38.5 Å². The molecule has 0 spiro atoms. The summed E-state index contributed by atoms with van der Waals surface area (Å²) in [6, 6.07) is 0. The molecule has 0 heterocycles. The van der Waals surface area contributed by atoms with Crippen molar-refractivity contribution in [3.63, 3.8) is 0 Å². The third-order valence-corrected chi connectivity index (χ3v) is 4.59. The van der Waals surface area contributed by atoms with E-state index >= 15 is 0 Å². The average molecular weight is 464 g/mol. The highest BCUT2D eigenvalue weighted by Gasteiger charge is 2.17. The van der Waals surface area contributed by atoms with E-state index in [-0.39, 0.29) is 19.1 Å². The number of allylic oxidation sites excluding steroid dienone is 4. The third-order valence-electron chi connectivity index (χ3n) is 4.10. The van der Waals surface area contributed by atoms with E-state index in [1.807, 2.05) is 31.2 Å². The highest BCUT2D eigenvalue weighted by Crippen LogP contribution is 2.35. The van der Waals surface area contributed by atoms with Gasteiger partial charge in [-0.25, -0.2) is 9.45 Å². The van der Waals surface area contributed by atoms with Crippen LogP contribution < -0.4 is 0 Å². The van der Waals surface area contributed by atoms with Crippen molar-refractivity contribution < 1.29 is 43.7 Å². The number of hydrogen-bond acceptors (Lipinski definition) is 7. The molecule has 10 heteroatoms. The Morgan fingerprint density at radius 2 is 1.71 bits per heavy atom. The highest BCUT2D eigenvalue weighted by atomic mass is 31.2. The van der Waals surface area contributed by atoms with Crippen molar-refractivity contribution in [1.82, 2.24) is 0 Å². The van der Waals surface area contributed by atoms with Crippen LogP contribution in [-0.2, 0) is 23.5 Å². The molecule has 0 aromatic rings. The first-order valence-corrected chi connectivity index (χ1v) is 12.1. The van der Waals surface area contributed by atoms with E-state index in [9.17, 15) is 14.5 Å². The quantitative estimate of drug-likeness (QED) is 0.0423. The lowest BCUT2D eigenvalue weighted by atomic mass is 10.1. The second kappa shape index (κ2) is 19.4. The summed E-state index contributed by atoms with van der Waals surface area (Å²) in [5.74, 6) is -0.460. The highest BCUT2D eigenvalue weighted by molar-refractivity contribution is 7.46. The van der Waals surface area contributed by atoms with Gasteiger partial charge in [0.15, 0.2) is 0 Å². The summed E-state index contributed by atoms with van der Waals surface area (Å²) in [6.45, 7) is 1.08. The lowest BCUT2D eigenvalue weighted by molar-refractivity contribution is -0.264. The summed E-state index contributed by atoms with van der Waals surface area (Å²) in [4.78, 5) is 33.0. The molecular weight excluding hydrogens is 427 g/mol. The molecule has 180 valence electrons. The van der Waals surface area contributed by atoms with Crippen LogP contribution in [0.4, 0.5) is 0 Å². The van der Waals surface area contributed by atoms with Crippen molar-refractivity contribution in [3.8, 4) is 0 Å². The van der Waals surface area contributed by atoms with Gasteiger partial charge in [-0.2, -0.15) is 0 Å². The molecule has 0 aliphatic carbocycles. The van der Waals surface area contributed by atoms with Gasteiger partial charge in [-0.05, 0) is 32.1 Å². The SMILES string of the molecule is CC/C=C\C=C\C(C/C=C\CCCCCCCC(=O)OCC(O)COP(=O)(O)O)OO. The van der Waals surface area contributed by atoms with Crippen LogP contribution in [0.1, 0.15) is 64.7 Å². The fraction of sp³-hybridized carbons (Fsp3) is 0.667. The largest absolute Gasteiger partial charge is 0.469 e. The molecule has 0 aliphatic rings. The van der Waals surface area contributed by atoms with Crippen molar-refractivity contribution in [2.75, 3.05) is 13.2 Å². The van der Waals surface area contributed by atoms with Crippen molar-refractivity contribution in [2.45, 2.75) is 76.9 Å². The number of aliphatic hydroxyl groups is 1. The molecule has 0 aromatic heterocycles. The number of esters is 1. The van der Waals surface area contributed by atoms with Crippen molar-refractivity contribution in [2.24, 2.45) is 0 Å². The molecule has 0 fully saturated rings. The Bertz CT molecular complexity index is 583. The van der Waals surface area contributed by atoms with Crippen LogP contribution in [-0.4, -0.2) is 51.5 Å². The standard InChI is InChI=1S/C21H37O9P/c1-2-3-4-11-14-20(30-24)15-12-9-7-5-6-8-10-13-16-21(23)28-17-19(22)18-29-31(25,26)27/h3-4,9,11-12,14,19-20,22,24H,2,5-8,10,13,15-18H2,1H3,(H2,25,26,27)/b4-3-,12-9-,14-11+. The van der Waals surface area contributed by atoms with Gasteiger partial charge in [0.2, 0.25) is 0 Å². The average Bonchev–Trinajstić information content (AvgIpc) is 2.72. The molecule has 0 saturated heterocycles. The molecule has 2 atom stereocenters. The lowest BCUT2D eigenvalue weighted by Crippen LogP contribution is -2.23. The Balaban J connectivity index is 3.64. The second-order valence-electron chi connectivity index (χ2n) is 7.00. The summed E-state index contributed by atoms with van der Waals surface area (Å²) < 4.78 is 19.5. The molecular formula is C21H37O9P. The summed E-state index contributed by atoms with van der Waals surface area (Å²) in [5, 5.41) is 18.3. The Hall–Kier alpha value is -1.32. The van der Waals surface area contributed by atoms with E-state index in [2.05, 4.69) is 15.5 Å². The monoisotopic (exact) mass is 464 g/mol. The van der Waals surface area contributed by atoms with Gasteiger partial charge < -0.3 is 19.6 Å². The predicted molar refractivity (Wildman–Crippen MR) is 117 cm³/mol. The Labute approximate surface area is 184 Å². The number of phosphoric acid groups is 1. The molecule has 0 rings (SSSR count). The topological polar surface area (TPSA) is 143 Å². The summed E-state index contributed by atoms with van der Waals surface area (Å²) in [6.07, 6.45) is 17.4. The van der Waals surface area contributed by atoms with Gasteiger partial charge in [-0.15, -0.1) is 0 Å². The minimum atomic E-state index is -4.64. The first-order chi connectivity index (χ1) is 14.8. The zero-order chi connectivity index (χ0) is 23.4. The fourth-order valence-corrected chi connectivity index (χ4v) is 2.83. The fourth-order valence-electron chi connectivity index (χ4n) is 2.46. The Kier molecular flexibility index (Phi) is 18.5. The Morgan fingerprint density at radius 1 is 1.00 bits per heavy atom. The van der Waals surface area contributed by atoms with Crippen molar-refractivity contribution in [3.05, 3.63) is 36.5 Å². The summed E-state index contributed by atoms with van der Waals surface area (Å²) in [7, 11) is -4.64. The lowest BCUT2D eigenvalue weighted by Gasteiger charge is -2.12. The number of rotatable bonds is 19. The van der Waals surface area contributed by atoms with Gasteiger partial charge in [0.25, 0.3) is 0 Å². The second-order valence-corrected chi connectivity index (χ2v) is 8.24. The normalized spacial score (nSPS) is 14.6. The molecule has 0 bridgehead atoms. The number of phosphoric ester groups is 1. The van der Waals surface area contributed by atoms with E-state index in [1.54, 1.807) is 6.08 Å². The molecule has 0 aliphatic heterocycles. The molecule has 0 radical (unpaired) electrons.